The molecule has 0 aliphatic carbocycles. The Bertz CT molecular complexity index is 340. The number of hydrogen-bond donors (Lipinski definition) is 1. The fraction of sp³-hybridized carbons (Fsp3) is 0.462. The number of hydrogen-bond acceptors (Lipinski definition) is 2. The zero-order valence-corrected chi connectivity index (χ0v) is 11.6. The third kappa shape index (κ3) is 6.59. The summed E-state index contributed by atoms with van der Waals surface area (Å²) in [6.07, 6.45) is 1.46. The van der Waals surface area contributed by atoms with Gasteiger partial charge in [0, 0.05) is 23.7 Å². The van der Waals surface area contributed by atoms with E-state index in [4.69, 9.17) is 11.6 Å². The average Bonchev–Trinajstić information content (AvgIpc) is 2.32. The highest BCUT2D eigenvalue weighted by atomic mass is 35.5. The fourth-order valence-electron chi connectivity index (χ4n) is 1.39. The van der Waals surface area contributed by atoms with E-state index in [9.17, 15) is 4.79 Å². The van der Waals surface area contributed by atoms with Crippen LogP contribution in [-0.4, -0.2) is 24.0 Å². The quantitative estimate of drug-likeness (QED) is 0.772. The molecule has 2 nitrogen and oxygen atoms in total. The van der Waals surface area contributed by atoms with E-state index in [1.807, 2.05) is 24.3 Å². The monoisotopic (exact) mass is 271 g/mol. The molecular formula is C13H18ClNOS. The van der Waals surface area contributed by atoms with Crippen molar-refractivity contribution >= 4 is 29.3 Å². The molecule has 1 N–H and O–H groups in total. The maximum Gasteiger partial charge on any atom is 0.220 e. The lowest BCUT2D eigenvalue weighted by molar-refractivity contribution is -0.120. The van der Waals surface area contributed by atoms with Gasteiger partial charge in [-0.2, -0.15) is 11.8 Å². The fourth-order valence-corrected chi connectivity index (χ4v) is 2.14. The number of halogens is 1. The van der Waals surface area contributed by atoms with Gasteiger partial charge in [0.15, 0.2) is 0 Å². The molecule has 0 saturated heterocycles. The summed E-state index contributed by atoms with van der Waals surface area (Å²) in [5, 5.41) is 3.66. The molecule has 0 unspecified atom stereocenters. The first-order chi connectivity index (χ1) is 8.22. The van der Waals surface area contributed by atoms with E-state index in [1.54, 1.807) is 11.8 Å². The number of rotatable bonds is 7. The highest BCUT2D eigenvalue weighted by molar-refractivity contribution is 7.99. The topological polar surface area (TPSA) is 29.1 Å². The molecule has 0 aromatic heterocycles. The van der Waals surface area contributed by atoms with Crippen LogP contribution in [-0.2, 0) is 11.2 Å². The Morgan fingerprint density at radius 2 is 2.06 bits per heavy atom. The highest BCUT2D eigenvalue weighted by Crippen LogP contribution is 2.09. The Morgan fingerprint density at radius 1 is 1.35 bits per heavy atom. The third-order valence-corrected chi connectivity index (χ3v) is 3.48. The SMILES string of the molecule is CCSCCC(=O)NCCc1ccc(Cl)cc1. The van der Waals surface area contributed by atoms with Crippen LogP contribution >= 0.6 is 23.4 Å². The molecule has 0 atom stereocenters. The van der Waals surface area contributed by atoms with Crippen LogP contribution < -0.4 is 5.32 Å². The molecule has 0 heterocycles. The van der Waals surface area contributed by atoms with E-state index >= 15 is 0 Å². The van der Waals surface area contributed by atoms with Crippen molar-refractivity contribution in [1.82, 2.24) is 5.32 Å². The number of amides is 1. The highest BCUT2D eigenvalue weighted by Gasteiger charge is 2.00. The Labute approximate surface area is 112 Å². The molecule has 1 rings (SSSR count). The summed E-state index contributed by atoms with van der Waals surface area (Å²) < 4.78 is 0. The summed E-state index contributed by atoms with van der Waals surface area (Å²) in [5.74, 6) is 2.11. The van der Waals surface area contributed by atoms with Gasteiger partial charge >= 0.3 is 0 Å². The zero-order chi connectivity index (χ0) is 12.5. The van der Waals surface area contributed by atoms with Crippen LogP contribution in [0.15, 0.2) is 24.3 Å². The van der Waals surface area contributed by atoms with Gasteiger partial charge in [0.05, 0.1) is 0 Å². The zero-order valence-electron chi connectivity index (χ0n) is 10.0. The van der Waals surface area contributed by atoms with Crippen LogP contribution in [0.3, 0.4) is 0 Å². The van der Waals surface area contributed by atoms with Crippen molar-refractivity contribution in [2.24, 2.45) is 0 Å². The maximum atomic E-state index is 11.4. The van der Waals surface area contributed by atoms with Crippen molar-refractivity contribution in [3.8, 4) is 0 Å². The molecule has 1 aromatic carbocycles. The molecule has 0 fully saturated rings. The minimum absolute atomic E-state index is 0.139. The number of thioether (sulfide) groups is 1. The summed E-state index contributed by atoms with van der Waals surface area (Å²) in [6.45, 7) is 2.79. The van der Waals surface area contributed by atoms with Crippen molar-refractivity contribution < 1.29 is 4.79 Å². The third-order valence-electron chi connectivity index (χ3n) is 2.33. The lowest BCUT2D eigenvalue weighted by atomic mass is 10.1. The number of nitrogens with one attached hydrogen (secondary N) is 1. The molecule has 94 valence electrons. The first-order valence-corrected chi connectivity index (χ1v) is 7.34. The first kappa shape index (κ1) is 14.4. The van der Waals surface area contributed by atoms with E-state index < -0.39 is 0 Å². The normalized spacial score (nSPS) is 10.2. The summed E-state index contributed by atoms with van der Waals surface area (Å²) in [4.78, 5) is 11.4. The van der Waals surface area contributed by atoms with Crippen LogP contribution in [0.5, 0.6) is 0 Å². The Morgan fingerprint density at radius 3 is 2.71 bits per heavy atom. The van der Waals surface area contributed by atoms with E-state index in [0.717, 1.165) is 22.9 Å². The largest absolute Gasteiger partial charge is 0.356 e. The van der Waals surface area contributed by atoms with Gasteiger partial charge in [-0.15, -0.1) is 0 Å². The second-order valence-corrected chi connectivity index (χ2v) is 5.50. The second kappa shape index (κ2) is 8.43. The van der Waals surface area contributed by atoms with E-state index in [1.165, 1.54) is 5.56 Å². The van der Waals surface area contributed by atoms with Crippen molar-refractivity contribution in [3.63, 3.8) is 0 Å². The number of carbonyl (C=O) groups excluding carboxylic acids is 1. The molecule has 1 amide bonds. The lowest BCUT2D eigenvalue weighted by Crippen LogP contribution is -2.25. The molecule has 4 heteroatoms. The van der Waals surface area contributed by atoms with Crippen molar-refractivity contribution in [2.45, 2.75) is 19.8 Å². The van der Waals surface area contributed by atoms with Crippen molar-refractivity contribution in [3.05, 3.63) is 34.9 Å². The Balaban J connectivity index is 2.14. The molecule has 0 radical (unpaired) electrons. The molecule has 0 aliphatic heterocycles. The van der Waals surface area contributed by atoms with E-state index in [-0.39, 0.29) is 5.91 Å². The van der Waals surface area contributed by atoms with Crippen molar-refractivity contribution in [2.75, 3.05) is 18.1 Å². The summed E-state index contributed by atoms with van der Waals surface area (Å²) in [7, 11) is 0. The summed E-state index contributed by atoms with van der Waals surface area (Å²) >= 11 is 7.59. The Kier molecular flexibility index (Phi) is 7.13. The molecule has 0 bridgehead atoms. The minimum Gasteiger partial charge on any atom is -0.356 e. The maximum absolute atomic E-state index is 11.4. The van der Waals surface area contributed by atoms with Gasteiger partial charge in [-0.25, -0.2) is 0 Å². The smallest absolute Gasteiger partial charge is 0.220 e. The van der Waals surface area contributed by atoms with Crippen LogP contribution in [0.4, 0.5) is 0 Å². The van der Waals surface area contributed by atoms with E-state index in [2.05, 4.69) is 12.2 Å². The molecule has 0 aliphatic rings. The first-order valence-electron chi connectivity index (χ1n) is 5.81. The van der Waals surface area contributed by atoms with Crippen LogP contribution in [0, 0.1) is 0 Å². The average molecular weight is 272 g/mol. The lowest BCUT2D eigenvalue weighted by Gasteiger charge is -2.05. The molecule has 0 saturated carbocycles. The van der Waals surface area contributed by atoms with Gasteiger partial charge < -0.3 is 5.32 Å². The molecule has 17 heavy (non-hydrogen) atoms. The van der Waals surface area contributed by atoms with Gasteiger partial charge in [0.25, 0.3) is 0 Å². The van der Waals surface area contributed by atoms with Crippen LogP contribution in [0.1, 0.15) is 18.9 Å². The second-order valence-electron chi connectivity index (χ2n) is 3.67. The summed E-state index contributed by atoms with van der Waals surface area (Å²) in [6, 6.07) is 7.72. The Hall–Kier alpha value is -0.670. The summed E-state index contributed by atoms with van der Waals surface area (Å²) in [5.41, 5.74) is 1.19. The molecule has 1 aromatic rings. The predicted octanol–water partition coefficient (Wildman–Crippen LogP) is 3.14. The number of benzene rings is 1. The van der Waals surface area contributed by atoms with Gasteiger partial charge in [0.2, 0.25) is 5.91 Å². The minimum atomic E-state index is 0.139. The van der Waals surface area contributed by atoms with E-state index in [0.29, 0.717) is 13.0 Å². The van der Waals surface area contributed by atoms with Crippen LogP contribution in [0.2, 0.25) is 5.02 Å². The van der Waals surface area contributed by atoms with Gasteiger partial charge in [0.1, 0.15) is 0 Å². The molecular weight excluding hydrogens is 254 g/mol. The van der Waals surface area contributed by atoms with Crippen LogP contribution in [0.25, 0.3) is 0 Å². The predicted molar refractivity (Wildman–Crippen MR) is 75.8 cm³/mol. The number of carbonyl (C=O) groups is 1. The van der Waals surface area contributed by atoms with Crippen molar-refractivity contribution in [1.29, 1.82) is 0 Å². The van der Waals surface area contributed by atoms with Gasteiger partial charge in [-0.05, 0) is 29.9 Å². The van der Waals surface area contributed by atoms with Gasteiger partial charge in [-0.3, -0.25) is 4.79 Å². The van der Waals surface area contributed by atoms with Gasteiger partial charge in [-0.1, -0.05) is 30.7 Å². The standard InChI is InChI=1S/C13H18ClNOS/c1-2-17-10-8-13(16)15-9-7-11-3-5-12(14)6-4-11/h3-6H,2,7-10H2,1H3,(H,15,16). The molecule has 0 spiro atoms.